The molecule has 13 heteroatoms. The summed E-state index contributed by atoms with van der Waals surface area (Å²) in [5.74, 6) is 0.0944. The summed E-state index contributed by atoms with van der Waals surface area (Å²) in [6.45, 7) is 3.63. The van der Waals surface area contributed by atoms with E-state index in [1.165, 1.54) is 40.6 Å². The molecule has 0 aliphatic rings. The first-order valence-corrected chi connectivity index (χ1v) is 9.70. The van der Waals surface area contributed by atoms with E-state index in [2.05, 4.69) is 20.5 Å². The van der Waals surface area contributed by atoms with Crippen LogP contribution in [0.3, 0.4) is 0 Å². The first-order chi connectivity index (χ1) is 15.2. The number of hydrazone groups is 1. The summed E-state index contributed by atoms with van der Waals surface area (Å²) >= 11 is 0. The Bertz CT molecular complexity index is 1270. The summed E-state index contributed by atoms with van der Waals surface area (Å²) in [6.07, 6.45) is 0.288. The zero-order valence-corrected chi connectivity index (χ0v) is 17.7. The van der Waals surface area contributed by atoms with Crippen LogP contribution in [0.15, 0.2) is 39.0 Å². The van der Waals surface area contributed by atoms with E-state index in [0.717, 1.165) is 0 Å². The van der Waals surface area contributed by atoms with Crippen molar-refractivity contribution in [2.75, 3.05) is 12.0 Å². The summed E-state index contributed by atoms with van der Waals surface area (Å²) in [5.41, 5.74) is 1.92. The van der Waals surface area contributed by atoms with Crippen LogP contribution in [0, 0.1) is 10.1 Å². The van der Waals surface area contributed by atoms with Gasteiger partial charge in [0.05, 0.1) is 36.5 Å². The number of aliphatic hydroxyl groups excluding tert-OH is 1. The van der Waals surface area contributed by atoms with Gasteiger partial charge in [0.25, 0.3) is 11.2 Å². The Morgan fingerprint density at radius 1 is 1.41 bits per heavy atom. The number of aliphatic hydroxyl groups is 1. The van der Waals surface area contributed by atoms with E-state index in [4.69, 9.17) is 4.74 Å². The van der Waals surface area contributed by atoms with Crippen LogP contribution in [0.4, 0.5) is 11.6 Å². The second kappa shape index (κ2) is 9.53. The van der Waals surface area contributed by atoms with Gasteiger partial charge < -0.3 is 14.4 Å². The van der Waals surface area contributed by atoms with Crippen molar-refractivity contribution in [1.29, 1.82) is 0 Å². The van der Waals surface area contributed by atoms with Crippen LogP contribution in [-0.4, -0.2) is 54.2 Å². The maximum absolute atomic E-state index is 12.5. The molecule has 0 spiro atoms. The second-order valence-corrected chi connectivity index (χ2v) is 7.29. The van der Waals surface area contributed by atoms with Gasteiger partial charge in [-0.05, 0) is 13.8 Å². The molecule has 3 rings (SSSR count). The molecule has 0 saturated heterocycles. The Morgan fingerprint density at radius 2 is 2.16 bits per heavy atom. The maximum Gasteiger partial charge on any atom is 0.329 e. The molecule has 32 heavy (non-hydrogen) atoms. The molecule has 13 nitrogen and oxygen atoms in total. The molecule has 3 N–H and O–H groups in total. The molecule has 0 amide bonds. The molecule has 0 aliphatic heterocycles. The molecule has 0 radical (unpaired) electrons. The number of nitro benzene ring substituents is 1. The van der Waals surface area contributed by atoms with Crippen molar-refractivity contribution in [3.05, 3.63) is 60.8 Å². The van der Waals surface area contributed by atoms with Crippen LogP contribution in [0.1, 0.15) is 19.4 Å². The lowest BCUT2D eigenvalue weighted by Crippen LogP contribution is -2.30. The summed E-state index contributed by atoms with van der Waals surface area (Å²) in [6, 6.07) is 5.85. The summed E-state index contributed by atoms with van der Waals surface area (Å²) in [4.78, 5) is 41.3. The summed E-state index contributed by atoms with van der Waals surface area (Å²) in [7, 11) is 1.45. The zero-order chi connectivity index (χ0) is 23.4. The molecule has 0 fully saturated rings. The monoisotopic (exact) mass is 445 g/mol. The molecule has 0 aliphatic carbocycles. The predicted octanol–water partition coefficient (Wildman–Crippen LogP) is 0.563. The third-order valence-electron chi connectivity index (χ3n) is 4.48. The van der Waals surface area contributed by atoms with Gasteiger partial charge in [0.15, 0.2) is 11.2 Å². The third kappa shape index (κ3) is 5.07. The van der Waals surface area contributed by atoms with E-state index in [1.54, 1.807) is 6.07 Å². The molecule has 3 aromatic rings. The normalized spacial score (nSPS) is 12.7. The molecular formula is C19H23N7O6. The molecule has 0 bridgehead atoms. The van der Waals surface area contributed by atoms with Crippen molar-refractivity contribution in [1.82, 2.24) is 19.1 Å². The number of fused-ring (bicyclic) bond motifs is 1. The molecule has 170 valence electrons. The third-order valence-corrected chi connectivity index (χ3v) is 4.48. The molecule has 1 atom stereocenters. The van der Waals surface area contributed by atoms with Gasteiger partial charge in [-0.1, -0.05) is 12.1 Å². The number of H-pyrrole nitrogens is 1. The molecule has 0 saturated carbocycles. The fourth-order valence-electron chi connectivity index (χ4n) is 2.95. The van der Waals surface area contributed by atoms with Crippen molar-refractivity contribution in [2.24, 2.45) is 12.1 Å². The van der Waals surface area contributed by atoms with E-state index in [0.29, 0.717) is 5.56 Å². The number of nitrogens with one attached hydrogen (secondary N) is 2. The van der Waals surface area contributed by atoms with Crippen molar-refractivity contribution in [3.63, 3.8) is 0 Å². The molecule has 1 unspecified atom stereocenters. The number of aryl methyl sites for hydroxylation is 1. The van der Waals surface area contributed by atoms with Gasteiger partial charge in [-0.15, -0.1) is 0 Å². The van der Waals surface area contributed by atoms with E-state index in [9.17, 15) is 24.8 Å². The predicted molar refractivity (Wildman–Crippen MR) is 117 cm³/mol. The Labute approximate surface area is 181 Å². The highest BCUT2D eigenvalue weighted by Crippen LogP contribution is 2.17. The SMILES string of the molecule is CC(C)OCC(O)Cn1c(N/N=C\c2cccc([N+](=O)[O-])c2)nc2c1c(=O)[nH]c(=O)n2C. The van der Waals surface area contributed by atoms with E-state index in [-0.39, 0.29) is 42.1 Å². The number of non-ortho nitro benzene ring substituents is 1. The number of nitro groups is 1. The van der Waals surface area contributed by atoms with Crippen LogP contribution >= 0.6 is 0 Å². The van der Waals surface area contributed by atoms with Gasteiger partial charge >= 0.3 is 5.69 Å². The number of anilines is 1. The minimum atomic E-state index is -0.965. The lowest BCUT2D eigenvalue weighted by molar-refractivity contribution is -0.384. The maximum atomic E-state index is 12.5. The number of imidazole rings is 1. The number of aromatic amines is 1. The highest BCUT2D eigenvalue weighted by molar-refractivity contribution is 5.81. The zero-order valence-electron chi connectivity index (χ0n) is 17.7. The minimum absolute atomic E-state index is 0.0252. The van der Waals surface area contributed by atoms with Crippen molar-refractivity contribution in [3.8, 4) is 0 Å². The van der Waals surface area contributed by atoms with Crippen molar-refractivity contribution >= 4 is 29.0 Å². The number of rotatable bonds is 9. The van der Waals surface area contributed by atoms with Gasteiger partial charge in [-0.2, -0.15) is 10.1 Å². The van der Waals surface area contributed by atoms with E-state index in [1.807, 2.05) is 13.8 Å². The first-order valence-electron chi connectivity index (χ1n) is 9.70. The van der Waals surface area contributed by atoms with E-state index < -0.39 is 22.3 Å². The fraction of sp³-hybridized carbons (Fsp3) is 0.368. The topological polar surface area (TPSA) is 170 Å². The van der Waals surface area contributed by atoms with Gasteiger partial charge in [0.1, 0.15) is 0 Å². The lowest BCUT2D eigenvalue weighted by Gasteiger charge is -2.15. The fourth-order valence-corrected chi connectivity index (χ4v) is 2.95. The lowest BCUT2D eigenvalue weighted by atomic mass is 10.2. The standard InChI is InChI=1S/C19H23N7O6/c1-11(2)32-10-14(27)9-25-15-16(24(3)19(29)22-17(15)28)21-18(25)23-20-8-12-5-4-6-13(7-12)26(30)31/h4-8,11,14,27H,9-10H2,1-3H3,(H,21,23)(H,22,28,29)/b20-8-. The quantitative estimate of drug-likeness (QED) is 0.244. The average molecular weight is 445 g/mol. The van der Waals surface area contributed by atoms with Crippen LogP contribution in [0.25, 0.3) is 11.2 Å². The molecule has 2 aromatic heterocycles. The second-order valence-electron chi connectivity index (χ2n) is 7.29. The molecule has 2 heterocycles. The largest absolute Gasteiger partial charge is 0.389 e. The Kier molecular flexibility index (Phi) is 6.80. The van der Waals surface area contributed by atoms with Crippen LogP contribution in [-0.2, 0) is 18.3 Å². The highest BCUT2D eigenvalue weighted by Gasteiger charge is 2.20. The van der Waals surface area contributed by atoms with Gasteiger partial charge in [-0.25, -0.2) is 10.2 Å². The van der Waals surface area contributed by atoms with Crippen LogP contribution in [0.5, 0.6) is 0 Å². The number of hydrogen-bond donors (Lipinski definition) is 3. The number of nitrogens with zero attached hydrogens (tertiary/aromatic N) is 5. The highest BCUT2D eigenvalue weighted by atomic mass is 16.6. The smallest absolute Gasteiger partial charge is 0.329 e. The van der Waals surface area contributed by atoms with Crippen molar-refractivity contribution in [2.45, 2.75) is 32.6 Å². The Hall–Kier alpha value is -3.84. The van der Waals surface area contributed by atoms with Crippen molar-refractivity contribution < 1.29 is 14.8 Å². The Morgan fingerprint density at radius 3 is 2.84 bits per heavy atom. The summed E-state index contributed by atoms with van der Waals surface area (Å²) in [5, 5.41) is 25.3. The number of aromatic nitrogens is 4. The van der Waals surface area contributed by atoms with Gasteiger partial charge in [0, 0.05) is 24.7 Å². The van der Waals surface area contributed by atoms with Crippen LogP contribution in [0.2, 0.25) is 0 Å². The van der Waals surface area contributed by atoms with Crippen LogP contribution < -0.4 is 16.7 Å². The molecular weight excluding hydrogens is 422 g/mol. The average Bonchev–Trinajstić information content (AvgIpc) is 3.09. The summed E-state index contributed by atoms with van der Waals surface area (Å²) < 4.78 is 7.98. The number of benzene rings is 1. The Balaban J connectivity index is 1.96. The number of ether oxygens (including phenoxy) is 1. The molecule has 1 aromatic carbocycles. The minimum Gasteiger partial charge on any atom is -0.389 e. The van der Waals surface area contributed by atoms with Gasteiger partial charge in [0.2, 0.25) is 5.95 Å². The first kappa shape index (κ1) is 22.8. The van der Waals surface area contributed by atoms with E-state index >= 15 is 0 Å². The number of hydrogen-bond acceptors (Lipinski definition) is 9. The van der Waals surface area contributed by atoms with Gasteiger partial charge in [-0.3, -0.25) is 24.5 Å².